The average molecular weight is 445 g/mol. The summed E-state index contributed by atoms with van der Waals surface area (Å²) in [5, 5.41) is 2.70. The predicted molar refractivity (Wildman–Crippen MR) is 110 cm³/mol. The second-order valence-electron chi connectivity index (χ2n) is 7.49. The van der Waals surface area contributed by atoms with E-state index in [9.17, 15) is 22.4 Å². The van der Waals surface area contributed by atoms with Gasteiger partial charge in [-0.25, -0.2) is 19.3 Å². The third-order valence-electron chi connectivity index (χ3n) is 5.35. The van der Waals surface area contributed by atoms with Crippen LogP contribution in [0.5, 0.6) is 0 Å². The van der Waals surface area contributed by atoms with E-state index in [1.165, 1.54) is 12.3 Å². The van der Waals surface area contributed by atoms with Gasteiger partial charge in [-0.15, -0.1) is 0 Å². The second-order valence-corrected chi connectivity index (χ2v) is 7.49. The number of rotatable bonds is 4. The Hall–Kier alpha value is -3.56. The van der Waals surface area contributed by atoms with Crippen molar-refractivity contribution in [1.82, 2.24) is 15.0 Å². The summed E-state index contributed by atoms with van der Waals surface area (Å²) in [5.41, 5.74) is 1.74. The highest BCUT2D eigenvalue weighted by atomic mass is 19.4. The highest BCUT2D eigenvalue weighted by molar-refractivity contribution is 5.97. The third kappa shape index (κ3) is 4.39. The molecule has 1 saturated heterocycles. The number of amides is 1. The van der Waals surface area contributed by atoms with E-state index in [4.69, 9.17) is 0 Å². The summed E-state index contributed by atoms with van der Waals surface area (Å²) < 4.78 is 54.0. The number of halogens is 4. The van der Waals surface area contributed by atoms with Crippen LogP contribution < -0.4 is 10.2 Å². The molecule has 1 aromatic carbocycles. The maximum absolute atomic E-state index is 13.6. The molecule has 32 heavy (non-hydrogen) atoms. The van der Waals surface area contributed by atoms with Crippen molar-refractivity contribution in [3.63, 3.8) is 0 Å². The van der Waals surface area contributed by atoms with Gasteiger partial charge in [-0.05, 0) is 49.6 Å². The summed E-state index contributed by atoms with van der Waals surface area (Å²) in [6.45, 7) is 1.81. The lowest BCUT2D eigenvalue weighted by Gasteiger charge is -2.31. The normalized spacial score (nSPS) is 18.6. The molecule has 0 unspecified atom stereocenters. The molecule has 166 valence electrons. The zero-order valence-corrected chi connectivity index (χ0v) is 17.0. The summed E-state index contributed by atoms with van der Waals surface area (Å²) in [4.78, 5) is 26.0. The van der Waals surface area contributed by atoms with Gasteiger partial charge >= 0.3 is 6.18 Å². The van der Waals surface area contributed by atoms with Gasteiger partial charge in [0.1, 0.15) is 17.9 Å². The smallest absolute Gasteiger partial charge is 0.332 e. The summed E-state index contributed by atoms with van der Waals surface area (Å²) in [7, 11) is 0. The lowest BCUT2D eigenvalue weighted by Crippen LogP contribution is -2.49. The maximum atomic E-state index is 13.6. The third-order valence-corrected chi connectivity index (χ3v) is 5.35. The van der Waals surface area contributed by atoms with Crippen LogP contribution >= 0.6 is 0 Å². The van der Waals surface area contributed by atoms with E-state index in [-0.39, 0.29) is 24.5 Å². The van der Waals surface area contributed by atoms with Crippen LogP contribution in [-0.2, 0) is 4.79 Å². The highest BCUT2D eigenvalue weighted by Crippen LogP contribution is 2.39. The Morgan fingerprint density at radius 2 is 1.84 bits per heavy atom. The minimum absolute atomic E-state index is 0.0341. The molecule has 1 amide bonds. The molecule has 1 fully saturated rings. The molecule has 6 nitrogen and oxygen atoms in total. The molecule has 2 atom stereocenters. The molecule has 10 heteroatoms. The van der Waals surface area contributed by atoms with Crippen molar-refractivity contribution in [2.45, 2.75) is 38.0 Å². The average Bonchev–Trinajstić information content (AvgIpc) is 3.22. The van der Waals surface area contributed by atoms with Crippen molar-refractivity contribution in [3.05, 3.63) is 66.4 Å². The fraction of sp³-hybridized carbons (Fsp3) is 0.273. The lowest BCUT2D eigenvalue weighted by molar-refractivity contribution is -0.146. The van der Waals surface area contributed by atoms with Gasteiger partial charge in [-0.2, -0.15) is 13.2 Å². The minimum Gasteiger partial charge on any atom is -0.332 e. The molecule has 0 bridgehead atoms. The van der Waals surface area contributed by atoms with Gasteiger partial charge in [0.2, 0.25) is 5.91 Å². The van der Waals surface area contributed by atoms with Crippen LogP contribution in [0.25, 0.3) is 11.4 Å². The van der Waals surface area contributed by atoms with E-state index < -0.39 is 30.0 Å². The molecule has 0 saturated carbocycles. The Morgan fingerprint density at radius 3 is 2.50 bits per heavy atom. The van der Waals surface area contributed by atoms with Crippen molar-refractivity contribution in [2.24, 2.45) is 0 Å². The fourth-order valence-corrected chi connectivity index (χ4v) is 3.83. The highest BCUT2D eigenvalue weighted by Gasteiger charge is 2.51. The molecule has 3 aromatic rings. The van der Waals surface area contributed by atoms with Crippen LogP contribution in [0.4, 0.5) is 29.1 Å². The van der Waals surface area contributed by atoms with Gasteiger partial charge in [-0.3, -0.25) is 4.79 Å². The zero-order chi connectivity index (χ0) is 22.9. The van der Waals surface area contributed by atoms with Crippen LogP contribution in [0.1, 0.15) is 18.4 Å². The molecule has 2 aromatic heterocycles. The number of carbonyl (C=O) groups excluding carboxylic acids is 1. The number of alkyl halides is 3. The quantitative estimate of drug-likeness (QED) is 0.598. The second kappa shape index (κ2) is 8.52. The van der Waals surface area contributed by atoms with Gasteiger partial charge in [0.25, 0.3) is 0 Å². The van der Waals surface area contributed by atoms with E-state index in [1.54, 1.807) is 37.3 Å². The van der Waals surface area contributed by atoms with E-state index in [2.05, 4.69) is 20.3 Å². The first-order valence-electron chi connectivity index (χ1n) is 9.89. The van der Waals surface area contributed by atoms with E-state index in [0.29, 0.717) is 11.3 Å². The number of hydrogen-bond acceptors (Lipinski definition) is 5. The lowest BCUT2D eigenvalue weighted by atomic mass is 10.1. The number of anilines is 2. The Morgan fingerprint density at radius 1 is 1.09 bits per heavy atom. The largest absolute Gasteiger partial charge is 0.408 e. The minimum atomic E-state index is -4.50. The first kappa shape index (κ1) is 21.7. The SMILES string of the molecule is Cc1ccc(NC(=O)[C@H]2CC[C@H](C(F)(F)F)N2c2ccccn2)cc1-c1ncc(F)cn1. The van der Waals surface area contributed by atoms with Crippen LogP contribution in [0.3, 0.4) is 0 Å². The monoisotopic (exact) mass is 445 g/mol. The Balaban J connectivity index is 1.60. The first-order chi connectivity index (χ1) is 15.2. The topological polar surface area (TPSA) is 71.0 Å². The molecular weight excluding hydrogens is 426 g/mol. The van der Waals surface area contributed by atoms with Crippen molar-refractivity contribution in [3.8, 4) is 11.4 Å². The van der Waals surface area contributed by atoms with Crippen LogP contribution in [0.2, 0.25) is 0 Å². The number of aromatic nitrogens is 3. The van der Waals surface area contributed by atoms with E-state index >= 15 is 0 Å². The van der Waals surface area contributed by atoms with Crippen LogP contribution in [0, 0.1) is 12.7 Å². The maximum Gasteiger partial charge on any atom is 0.408 e. The number of aryl methyl sites for hydroxylation is 1. The van der Waals surface area contributed by atoms with E-state index in [1.807, 2.05) is 0 Å². The van der Waals surface area contributed by atoms with Gasteiger partial charge < -0.3 is 10.2 Å². The number of hydrogen-bond donors (Lipinski definition) is 1. The Labute approximate surface area is 181 Å². The zero-order valence-electron chi connectivity index (χ0n) is 17.0. The first-order valence-corrected chi connectivity index (χ1v) is 9.89. The van der Waals surface area contributed by atoms with Gasteiger partial charge in [-0.1, -0.05) is 12.1 Å². The number of carbonyl (C=O) groups is 1. The fourth-order valence-electron chi connectivity index (χ4n) is 3.83. The van der Waals surface area contributed by atoms with Crippen molar-refractivity contribution in [1.29, 1.82) is 0 Å². The Bertz CT molecular complexity index is 1110. The number of benzene rings is 1. The summed E-state index contributed by atoms with van der Waals surface area (Å²) >= 11 is 0. The van der Waals surface area contributed by atoms with Crippen LogP contribution in [0.15, 0.2) is 55.0 Å². The predicted octanol–water partition coefficient (Wildman–Crippen LogP) is 4.52. The molecule has 1 aliphatic heterocycles. The number of nitrogens with zero attached hydrogens (tertiary/aromatic N) is 4. The molecule has 1 N–H and O–H groups in total. The molecule has 4 rings (SSSR count). The molecule has 1 aliphatic rings. The van der Waals surface area contributed by atoms with Crippen molar-refractivity contribution < 1.29 is 22.4 Å². The summed E-state index contributed by atoms with van der Waals surface area (Å²) in [6.07, 6.45) is -1.21. The van der Waals surface area contributed by atoms with Gasteiger partial charge in [0.05, 0.1) is 12.4 Å². The molecule has 0 radical (unpaired) electrons. The molecule has 0 aliphatic carbocycles. The molecular formula is C22H19F4N5O. The molecule has 0 spiro atoms. The van der Waals surface area contributed by atoms with Crippen molar-refractivity contribution >= 4 is 17.4 Å². The summed E-state index contributed by atoms with van der Waals surface area (Å²) in [5.74, 6) is -0.784. The van der Waals surface area contributed by atoms with Gasteiger partial charge in [0.15, 0.2) is 11.6 Å². The standard InChI is InChI=1S/C22H19F4N5O/c1-13-5-6-15(10-16(13)20-28-11-14(23)12-29-20)30-21(32)17-7-8-18(22(24,25)26)31(17)19-4-2-3-9-27-19/h2-6,9-12,17-18H,7-8H2,1H3,(H,30,32)/t17-,18-/m1/s1. The molecule has 3 heterocycles. The number of pyridine rings is 1. The van der Waals surface area contributed by atoms with E-state index in [0.717, 1.165) is 22.9 Å². The Kier molecular flexibility index (Phi) is 5.77. The summed E-state index contributed by atoms with van der Waals surface area (Å²) in [6, 6.07) is 6.78. The number of nitrogens with one attached hydrogen (secondary N) is 1. The van der Waals surface area contributed by atoms with Gasteiger partial charge in [0, 0.05) is 17.4 Å². The van der Waals surface area contributed by atoms with Crippen LogP contribution in [-0.4, -0.2) is 39.1 Å². The van der Waals surface area contributed by atoms with Crippen molar-refractivity contribution in [2.75, 3.05) is 10.2 Å².